The predicted molar refractivity (Wildman–Crippen MR) is 117 cm³/mol. The van der Waals surface area contributed by atoms with E-state index in [9.17, 15) is 13.6 Å². The Hall–Kier alpha value is -2.58. The number of piperidine rings is 1. The van der Waals surface area contributed by atoms with Crippen molar-refractivity contribution in [1.29, 1.82) is 0 Å². The number of anilines is 1. The number of hydrogen-bond acceptors (Lipinski definition) is 4. The highest BCUT2D eigenvalue weighted by molar-refractivity contribution is 9.10. The number of benzene rings is 2. The number of hydrogen-bond donors (Lipinski definition) is 1. The summed E-state index contributed by atoms with van der Waals surface area (Å²) >= 11 is 3.37. The first kappa shape index (κ1) is 20.3. The topological polar surface area (TPSA) is 68.5 Å². The Balaban J connectivity index is 1.54. The first-order chi connectivity index (χ1) is 14.8. The van der Waals surface area contributed by atoms with E-state index in [-0.39, 0.29) is 18.9 Å². The Morgan fingerprint density at radius 2 is 1.90 bits per heavy atom. The SMILES string of the molecule is Nc1nc2ccc(C(=O)N3CCC(F)(F)CC3c3ccc(Br)cc3)cc2c2c1COC2. The fourth-order valence-corrected chi connectivity index (χ4v) is 4.69. The molecule has 1 amide bonds. The Morgan fingerprint density at radius 3 is 2.68 bits per heavy atom. The van der Waals surface area contributed by atoms with E-state index in [0.717, 1.165) is 21.0 Å². The van der Waals surface area contributed by atoms with Gasteiger partial charge in [-0.3, -0.25) is 4.79 Å². The standard InChI is InChI=1S/C23H20BrF2N3O2/c24-15-4-1-13(2-5-15)20-10-23(25,26)7-8-29(20)22(30)14-3-6-19-16(9-14)17-11-31-12-18(17)21(27)28-19/h1-6,9,20H,7-8,10-12H2,(H2,27,28). The van der Waals surface area contributed by atoms with Gasteiger partial charge in [0.1, 0.15) is 5.82 Å². The highest BCUT2D eigenvalue weighted by Gasteiger charge is 2.42. The zero-order valence-corrected chi connectivity index (χ0v) is 18.2. The fourth-order valence-electron chi connectivity index (χ4n) is 4.43. The van der Waals surface area contributed by atoms with Gasteiger partial charge >= 0.3 is 0 Å². The van der Waals surface area contributed by atoms with Crippen molar-refractivity contribution in [1.82, 2.24) is 9.88 Å². The Labute approximate surface area is 186 Å². The normalized spacial score (nSPS) is 20.1. The van der Waals surface area contributed by atoms with Crippen molar-refractivity contribution < 1.29 is 18.3 Å². The molecule has 0 saturated carbocycles. The number of alkyl halides is 2. The third kappa shape index (κ3) is 3.68. The second-order valence-corrected chi connectivity index (χ2v) is 8.97. The van der Waals surface area contributed by atoms with Gasteiger partial charge in [0.25, 0.3) is 11.8 Å². The second-order valence-electron chi connectivity index (χ2n) is 8.05. The summed E-state index contributed by atoms with van der Waals surface area (Å²) in [6.45, 7) is 0.800. The number of aromatic nitrogens is 1. The van der Waals surface area contributed by atoms with Gasteiger partial charge in [0.05, 0.1) is 24.8 Å². The largest absolute Gasteiger partial charge is 0.383 e. The molecule has 1 aromatic heterocycles. The van der Waals surface area contributed by atoms with Crippen LogP contribution in [0.1, 0.15) is 45.9 Å². The summed E-state index contributed by atoms with van der Waals surface area (Å²) in [6.07, 6.45) is -0.740. The van der Waals surface area contributed by atoms with Gasteiger partial charge in [0.15, 0.2) is 0 Å². The van der Waals surface area contributed by atoms with E-state index >= 15 is 0 Å². The van der Waals surface area contributed by atoms with Crippen molar-refractivity contribution in [3.8, 4) is 0 Å². The molecule has 1 atom stereocenters. The third-order valence-corrected chi connectivity index (χ3v) is 6.61. The van der Waals surface area contributed by atoms with E-state index in [1.165, 1.54) is 0 Å². The average molecular weight is 488 g/mol. The zero-order valence-electron chi connectivity index (χ0n) is 16.6. The molecule has 0 bridgehead atoms. The molecule has 0 spiro atoms. The number of likely N-dealkylation sites (tertiary alicyclic amines) is 1. The van der Waals surface area contributed by atoms with Crippen molar-refractivity contribution in [3.63, 3.8) is 0 Å². The van der Waals surface area contributed by atoms with Crippen LogP contribution in [0.4, 0.5) is 14.6 Å². The van der Waals surface area contributed by atoms with Crippen molar-refractivity contribution >= 4 is 38.6 Å². The van der Waals surface area contributed by atoms with Crippen LogP contribution >= 0.6 is 15.9 Å². The monoisotopic (exact) mass is 487 g/mol. The number of nitrogens with zero attached hydrogens (tertiary/aromatic N) is 2. The van der Waals surface area contributed by atoms with Crippen LogP contribution in [0.2, 0.25) is 0 Å². The molecular formula is C23H20BrF2N3O2. The first-order valence-corrected chi connectivity index (χ1v) is 10.8. The molecular weight excluding hydrogens is 468 g/mol. The molecule has 8 heteroatoms. The lowest BCUT2D eigenvalue weighted by molar-refractivity contribution is -0.0707. The minimum atomic E-state index is -2.81. The molecule has 5 rings (SSSR count). The maximum absolute atomic E-state index is 14.3. The quantitative estimate of drug-likeness (QED) is 0.537. The summed E-state index contributed by atoms with van der Waals surface area (Å²) in [6, 6.07) is 11.7. The first-order valence-electron chi connectivity index (χ1n) is 10.1. The van der Waals surface area contributed by atoms with Crippen LogP contribution in [0, 0.1) is 0 Å². The number of carbonyl (C=O) groups excluding carboxylic acids is 1. The van der Waals surface area contributed by atoms with E-state index in [0.29, 0.717) is 35.7 Å². The van der Waals surface area contributed by atoms with Gasteiger partial charge in [0, 0.05) is 40.4 Å². The van der Waals surface area contributed by atoms with Gasteiger partial charge < -0.3 is 15.4 Å². The van der Waals surface area contributed by atoms with Gasteiger partial charge in [-0.25, -0.2) is 13.8 Å². The number of carbonyl (C=O) groups is 1. The molecule has 2 aliphatic rings. The van der Waals surface area contributed by atoms with Gasteiger partial charge in [0.2, 0.25) is 0 Å². The lowest BCUT2D eigenvalue weighted by Gasteiger charge is -2.39. The van der Waals surface area contributed by atoms with Gasteiger partial charge in [-0.2, -0.15) is 0 Å². The van der Waals surface area contributed by atoms with Gasteiger partial charge in [-0.1, -0.05) is 28.1 Å². The Bertz CT molecular complexity index is 1180. The molecule has 1 saturated heterocycles. The van der Waals surface area contributed by atoms with Crippen molar-refractivity contribution in [3.05, 3.63) is 69.2 Å². The minimum absolute atomic E-state index is 0.00813. The number of nitrogens with two attached hydrogens (primary N) is 1. The van der Waals surface area contributed by atoms with Crippen LogP contribution < -0.4 is 5.73 Å². The number of amides is 1. The molecule has 2 aliphatic heterocycles. The smallest absolute Gasteiger partial charge is 0.254 e. The van der Waals surface area contributed by atoms with Crippen LogP contribution in [0.3, 0.4) is 0 Å². The summed E-state index contributed by atoms with van der Waals surface area (Å²) in [5.74, 6) is -2.64. The summed E-state index contributed by atoms with van der Waals surface area (Å²) in [5.41, 5.74) is 9.64. The molecule has 3 aromatic rings. The Morgan fingerprint density at radius 1 is 1.16 bits per heavy atom. The highest BCUT2D eigenvalue weighted by Crippen LogP contribution is 2.41. The Kier molecular flexibility index (Phi) is 4.94. The number of rotatable bonds is 2. The maximum Gasteiger partial charge on any atom is 0.254 e. The molecule has 2 aromatic carbocycles. The van der Waals surface area contributed by atoms with Crippen LogP contribution in [-0.2, 0) is 18.0 Å². The number of pyridine rings is 1. The number of halogens is 3. The predicted octanol–water partition coefficient (Wildman–Crippen LogP) is 5.22. The molecule has 0 aliphatic carbocycles. The van der Waals surface area contributed by atoms with E-state index in [2.05, 4.69) is 20.9 Å². The molecule has 0 radical (unpaired) electrons. The second kappa shape index (κ2) is 7.53. The third-order valence-electron chi connectivity index (χ3n) is 6.08. The molecule has 31 heavy (non-hydrogen) atoms. The van der Waals surface area contributed by atoms with E-state index in [1.807, 2.05) is 0 Å². The summed E-state index contributed by atoms with van der Waals surface area (Å²) < 4.78 is 34.9. The van der Waals surface area contributed by atoms with Crippen LogP contribution in [0.5, 0.6) is 0 Å². The zero-order chi connectivity index (χ0) is 21.8. The van der Waals surface area contributed by atoms with Crippen molar-refractivity contribution in [2.24, 2.45) is 0 Å². The summed E-state index contributed by atoms with van der Waals surface area (Å²) in [7, 11) is 0. The van der Waals surface area contributed by atoms with Gasteiger partial charge in [-0.05, 0) is 41.5 Å². The summed E-state index contributed by atoms with van der Waals surface area (Å²) in [5, 5.41) is 0.815. The summed E-state index contributed by atoms with van der Waals surface area (Å²) in [4.78, 5) is 19.4. The molecule has 1 unspecified atom stereocenters. The van der Waals surface area contributed by atoms with Crippen LogP contribution in [-0.4, -0.2) is 28.3 Å². The molecule has 3 heterocycles. The number of nitrogen functional groups attached to an aromatic ring is 1. The lowest BCUT2D eigenvalue weighted by atomic mass is 9.91. The molecule has 2 N–H and O–H groups in total. The molecule has 5 nitrogen and oxygen atoms in total. The molecule has 160 valence electrons. The minimum Gasteiger partial charge on any atom is -0.383 e. The molecule has 1 fully saturated rings. The van der Waals surface area contributed by atoms with E-state index < -0.39 is 18.4 Å². The fraction of sp³-hybridized carbons (Fsp3) is 0.304. The highest BCUT2D eigenvalue weighted by atomic mass is 79.9. The van der Waals surface area contributed by atoms with E-state index in [1.54, 1.807) is 47.4 Å². The van der Waals surface area contributed by atoms with Gasteiger partial charge in [-0.15, -0.1) is 0 Å². The number of ether oxygens (including phenoxy) is 1. The van der Waals surface area contributed by atoms with Crippen molar-refractivity contribution in [2.45, 2.75) is 38.0 Å². The van der Waals surface area contributed by atoms with E-state index in [4.69, 9.17) is 10.5 Å². The van der Waals surface area contributed by atoms with Crippen molar-refractivity contribution in [2.75, 3.05) is 12.3 Å². The van der Waals surface area contributed by atoms with Crippen LogP contribution in [0.25, 0.3) is 10.9 Å². The van der Waals surface area contributed by atoms with Crippen LogP contribution in [0.15, 0.2) is 46.9 Å². The maximum atomic E-state index is 14.3. The average Bonchev–Trinajstić information content (AvgIpc) is 3.24. The lowest BCUT2D eigenvalue weighted by Crippen LogP contribution is -2.45. The number of fused-ring (bicyclic) bond motifs is 3.